The van der Waals surface area contributed by atoms with Crippen molar-refractivity contribution in [2.45, 2.75) is 31.9 Å². The lowest BCUT2D eigenvalue weighted by atomic mass is 9.92. The molecule has 0 aliphatic carbocycles. The van der Waals surface area contributed by atoms with Crippen LogP contribution in [0.15, 0.2) is 42.5 Å². The molecular formula is C21H22F3NO5. The average molecular weight is 425 g/mol. The van der Waals surface area contributed by atoms with Crippen LogP contribution < -0.4 is 14.8 Å². The number of hydrogen-bond donors (Lipinski definition) is 2. The third-order valence-corrected chi connectivity index (χ3v) is 4.27. The van der Waals surface area contributed by atoms with E-state index in [9.17, 15) is 27.9 Å². The maximum atomic E-state index is 13.1. The van der Waals surface area contributed by atoms with Crippen LogP contribution in [0.4, 0.5) is 18.9 Å². The first kappa shape index (κ1) is 23.1. The number of carbonyl (C=O) groups is 2. The van der Waals surface area contributed by atoms with Gasteiger partial charge in [-0.3, -0.25) is 9.59 Å². The van der Waals surface area contributed by atoms with E-state index in [1.54, 1.807) is 31.2 Å². The molecule has 2 aromatic rings. The molecule has 0 aliphatic heterocycles. The molecule has 162 valence electrons. The molecule has 0 spiro atoms. The Hall–Kier alpha value is -3.23. The van der Waals surface area contributed by atoms with Gasteiger partial charge in [-0.15, -0.1) is 0 Å². The molecule has 1 atom stereocenters. The number of nitrogens with one attached hydrogen (secondary N) is 1. The molecule has 0 saturated carbocycles. The zero-order chi connectivity index (χ0) is 22.3. The predicted octanol–water partition coefficient (Wildman–Crippen LogP) is 4.70. The van der Waals surface area contributed by atoms with E-state index in [0.29, 0.717) is 11.3 Å². The summed E-state index contributed by atoms with van der Waals surface area (Å²) >= 11 is 0. The van der Waals surface area contributed by atoms with Crippen LogP contribution in [0.1, 0.15) is 36.8 Å². The number of carboxylic acid groups (broad SMARTS) is 1. The summed E-state index contributed by atoms with van der Waals surface area (Å²) in [7, 11) is 1.49. The van der Waals surface area contributed by atoms with Crippen LogP contribution in [-0.2, 0) is 15.8 Å². The summed E-state index contributed by atoms with van der Waals surface area (Å²) in [5, 5.41) is 11.6. The van der Waals surface area contributed by atoms with E-state index in [1.807, 2.05) is 0 Å². The maximum Gasteiger partial charge on any atom is 0.416 e. The summed E-state index contributed by atoms with van der Waals surface area (Å²) in [6.07, 6.45) is -5.15. The molecule has 0 aliphatic rings. The van der Waals surface area contributed by atoms with Crippen molar-refractivity contribution in [2.75, 3.05) is 19.0 Å². The van der Waals surface area contributed by atoms with Gasteiger partial charge >= 0.3 is 12.1 Å². The molecule has 2 rings (SSSR count). The lowest BCUT2D eigenvalue weighted by molar-refractivity contribution is -0.138. The fraction of sp³-hybridized carbons (Fsp3) is 0.333. The molecule has 2 aromatic carbocycles. The van der Waals surface area contributed by atoms with E-state index < -0.39 is 29.5 Å². The number of benzene rings is 2. The number of amides is 1. The van der Waals surface area contributed by atoms with E-state index in [4.69, 9.17) is 9.47 Å². The summed E-state index contributed by atoms with van der Waals surface area (Å²) in [5.41, 5.74) is -0.435. The number of carbonyl (C=O) groups excluding carboxylic acids is 1. The number of rotatable bonds is 9. The molecule has 1 amide bonds. The number of alkyl halides is 3. The van der Waals surface area contributed by atoms with Gasteiger partial charge in [0.1, 0.15) is 11.5 Å². The molecule has 9 heteroatoms. The summed E-state index contributed by atoms with van der Waals surface area (Å²) in [4.78, 5) is 23.7. The molecule has 2 N–H and O–H groups in total. The van der Waals surface area contributed by atoms with Gasteiger partial charge in [-0.25, -0.2) is 0 Å². The minimum Gasteiger partial charge on any atom is -0.497 e. The van der Waals surface area contributed by atoms with E-state index in [-0.39, 0.29) is 30.9 Å². The normalized spacial score (nSPS) is 12.2. The summed E-state index contributed by atoms with van der Waals surface area (Å²) < 4.78 is 49.6. The molecule has 0 heterocycles. The van der Waals surface area contributed by atoms with Gasteiger partial charge in [0.25, 0.3) is 0 Å². The van der Waals surface area contributed by atoms with Crippen LogP contribution >= 0.6 is 0 Å². The molecule has 0 fully saturated rings. The topological polar surface area (TPSA) is 84.9 Å². The van der Waals surface area contributed by atoms with Crippen molar-refractivity contribution in [3.63, 3.8) is 0 Å². The highest BCUT2D eigenvalue weighted by atomic mass is 19.4. The Labute approximate surface area is 171 Å². The van der Waals surface area contributed by atoms with Crippen LogP contribution in [-0.4, -0.2) is 30.7 Å². The van der Waals surface area contributed by atoms with Crippen molar-refractivity contribution in [1.82, 2.24) is 0 Å². The first-order valence-electron chi connectivity index (χ1n) is 9.13. The minimum atomic E-state index is -4.61. The van der Waals surface area contributed by atoms with Crippen LogP contribution in [0.3, 0.4) is 0 Å². The Morgan fingerprint density at radius 3 is 2.27 bits per heavy atom. The van der Waals surface area contributed by atoms with Gasteiger partial charge in [-0.05, 0) is 36.8 Å². The lowest BCUT2D eigenvalue weighted by Crippen LogP contribution is -2.18. The van der Waals surface area contributed by atoms with Crippen molar-refractivity contribution in [2.24, 2.45) is 0 Å². The predicted molar refractivity (Wildman–Crippen MR) is 104 cm³/mol. The molecule has 6 nitrogen and oxygen atoms in total. The second-order valence-corrected chi connectivity index (χ2v) is 6.50. The number of ether oxygens (including phenoxy) is 2. The Balaban J connectivity index is 2.21. The number of methoxy groups -OCH3 is 1. The van der Waals surface area contributed by atoms with Gasteiger partial charge in [-0.2, -0.15) is 13.2 Å². The third kappa shape index (κ3) is 6.68. The van der Waals surface area contributed by atoms with Crippen LogP contribution in [0.5, 0.6) is 11.5 Å². The fourth-order valence-electron chi connectivity index (χ4n) is 2.92. The Morgan fingerprint density at radius 2 is 1.73 bits per heavy atom. The van der Waals surface area contributed by atoms with Gasteiger partial charge in [0.15, 0.2) is 0 Å². The Kier molecular flexibility index (Phi) is 7.68. The molecular weight excluding hydrogens is 403 g/mol. The van der Waals surface area contributed by atoms with Crippen LogP contribution in [0, 0.1) is 0 Å². The summed E-state index contributed by atoms with van der Waals surface area (Å²) in [6, 6.07) is 9.53. The number of halogens is 3. The number of aliphatic carboxylic acids is 1. The van der Waals surface area contributed by atoms with Crippen molar-refractivity contribution in [1.29, 1.82) is 0 Å². The molecule has 30 heavy (non-hydrogen) atoms. The van der Waals surface area contributed by atoms with Crippen molar-refractivity contribution in [3.05, 3.63) is 53.6 Å². The van der Waals surface area contributed by atoms with Gasteiger partial charge in [0, 0.05) is 24.1 Å². The Bertz CT molecular complexity index is 881. The van der Waals surface area contributed by atoms with E-state index in [2.05, 4.69) is 5.32 Å². The smallest absolute Gasteiger partial charge is 0.416 e. The zero-order valence-electron chi connectivity index (χ0n) is 16.5. The zero-order valence-corrected chi connectivity index (χ0v) is 16.5. The van der Waals surface area contributed by atoms with Crippen molar-refractivity contribution in [3.8, 4) is 11.5 Å². The standard InChI is InChI=1S/C21H22F3NO5/c1-3-30-18-11-15(21(22,23)24)10-16(12-18)25-19(26)8-14(9-20(27)28)13-4-6-17(29-2)7-5-13/h4-7,10-12,14H,3,8-9H2,1-2H3,(H,25,26)(H,27,28)/t14-/m1/s1. The van der Waals surface area contributed by atoms with Gasteiger partial charge in [0.05, 0.1) is 25.7 Å². The maximum absolute atomic E-state index is 13.1. The summed E-state index contributed by atoms with van der Waals surface area (Å²) in [5.74, 6) is -1.82. The van der Waals surface area contributed by atoms with E-state index in [1.165, 1.54) is 13.2 Å². The average Bonchev–Trinajstić information content (AvgIpc) is 2.66. The minimum absolute atomic E-state index is 0.0279. The first-order chi connectivity index (χ1) is 14.1. The van der Waals surface area contributed by atoms with Gasteiger partial charge < -0.3 is 19.9 Å². The lowest BCUT2D eigenvalue weighted by Gasteiger charge is -2.17. The monoisotopic (exact) mass is 425 g/mol. The summed E-state index contributed by atoms with van der Waals surface area (Å²) in [6.45, 7) is 1.79. The van der Waals surface area contributed by atoms with E-state index >= 15 is 0 Å². The van der Waals surface area contributed by atoms with E-state index in [0.717, 1.165) is 12.1 Å². The number of anilines is 1. The second-order valence-electron chi connectivity index (χ2n) is 6.50. The molecule has 0 bridgehead atoms. The highest BCUT2D eigenvalue weighted by molar-refractivity contribution is 5.92. The highest BCUT2D eigenvalue weighted by Crippen LogP contribution is 2.34. The van der Waals surface area contributed by atoms with Gasteiger partial charge in [-0.1, -0.05) is 12.1 Å². The number of hydrogen-bond acceptors (Lipinski definition) is 4. The quantitative estimate of drug-likeness (QED) is 0.608. The van der Waals surface area contributed by atoms with Crippen molar-refractivity contribution >= 4 is 17.6 Å². The van der Waals surface area contributed by atoms with Crippen LogP contribution in [0.2, 0.25) is 0 Å². The highest BCUT2D eigenvalue weighted by Gasteiger charge is 2.31. The number of carboxylic acids is 1. The van der Waals surface area contributed by atoms with Gasteiger partial charge in [0.2, 0.25) is 5.91 Å². The Morgan fingerprint density at radius 1 is 1.07 bits per heavy atom. The molecule has 0 radical (unpaired) electrons. The third-order valence-electron chi connectivity index (χ3n) is 4.27. The SMILES string of the molecule is CCOc1cc(NC(=O)C[C@H](CC(=O)O)c2ccc(OC)cc2)cc(C(F)(F)F)c1. The molecule has 0 aromatic heterocycles. The van der Waals surface area contributed by atoms with Crippen LogP contribution in [0.25, 0.3) is 0 Å². The first-order valence-corrected chi connectivity index (χ1v) is 9.13. The fourth-order valence-corrected chi connectivity index (χ4v) is 2.92. The second kappa shape index (κ2) is 10.00. The van der Waals surface area contributed by atoms with Crippen molar-refractivity contribution < 1.29 is 37.3 Å². The molecule has 0 unspecified atom stereocenters. The molecule has 0 saturated heterocycles. The largest absolute Gasteiger partial charge is 0.497 e.